The highest BCUT2D eigenvalue weighted by atomic mass is 35.5. The molecule has 3 fully saturated rings. The molecule has 3 aromatic rings. The molecule has 0 aliphatic carbocycles. The Morgan fingerprint density at radius 3 is 2.59 bits per heavy atom. The predicted octanol–water partition coefficient (Wildman–Crippen LogP) is 4.33. The van der Waals surface area contributed by atoms with Gasteiger partial charge >= 0.3 is 5.97 Å². The van der Waals surface area contributed by atoms with Crippen molar-refractivity contribution in [1.29, 1.82) is 0 Å². The molecule has 3 aliphatic rings. The Kier molecular flexibility index (Phi) is 5.52. The summed E-state index contributed by atoms with van der Waals surface area (Å²) in [6, 6.07) is 13.9. The van der Waals surface area contributed by atoms with Gasteiger partial charge in [0, 0.05) is 28.9 Å². The quantitative estimate of drug-likeness (QED) is 0.633. The van der Waals surface area contributed by atoms with Gasteiger partial charge in [0.05, 0.1) is 5.52 Å². The number of rotatable bonds is 5. The van der Waals surface area contributed by atoms with Gasteiger partial charge in [-0.3, -0.25) is 9.69 Å². The monoisotopic (exact) mass is 412 g/mol. The number of aliphatic carboxylic acids is 1. The minimum absolute atomic E-state index is 0. The summed E-state index contributed by atoms with van der Waals surface area (Å²) >= 11 is 0. The SMILES string of the molecule is Cl.O=C(O)Cn1c2ccccc2c2ccc(OC/C=C3\CN4CCC3CC4)cc21. The van der Waals surface area contributed by atoms with Gasteiger partial charge in [-0.2, -0.15) is 0 Å². The van der Waals surface area contributed by atoms with Crippen molar-refractivity contribution >= 4 is 40.2 Å². The van der Waals surface area contributed by atoms with E-state index >= 15 is 0 Å². The van der Waals surface area contributed by atoms with Crippen LogP contribution in [0.3, 0.4) is 0 Å². The number of piperidine rings is 3. The third-order valence-electron chi connectivity index (χ3n) is 6.15. The van der Waals surface area contributed by atoms with E-state index in [9.17, 15) is 9.90 Å². The van der Waals surface area contributed by atoms with Gasteiger partial charge in [0.25, 0.3) is 0 Å². The number of benzene rings is 2. The van der Waals surface area contributed by atoms with Crippen LogP contribution in [0.25, 0.3) is 21.8 Å². The van der Waals surface area contributed by atoms with Crippen molar-refractivity contribution in [3.05, 3.63) is 54.1 Å². The Bertz CT molecular complexity index is 1080. The summed E-state index contributed by atoms with van der Waals surface area (Å²) in [5.41, 5.74) is 3.35. The fourth-order valence-electron chi connectivity index (χ4n) is 4.75. The van der Waals surface area contributed by atoms with E-state index in [4.69, 9.17) is 4.74 Å². The number of carboxylic acids is 1. The molecule has 6 heteroatoms. The van der Waals surface area contributed by atoms with Crippen LogP contribution in [0, 0.1) is 5.92 Å². The number of carbonyl (C=O) groups is 1. The number of fused-ring (bicyclic) bond motifs is 6. The van der Waals surface area contributed by atoms with Gasteiger partial charge < -0.3 is 14.4 Å². The van der Waals surface area contributed by atoms with E-state index in [0.717, 1.165) is 40.0 Å². The molecule has 0 radical (unpaired) electrons. The molecule has 6 rings (SSSR count). The van der Waals surface area contributed by atoms with E-state index in [2.05, 4.69) is 11.0 Å². The number of nitrogens with zero attached hydrogens (tertiary/aromatic N) is 2. The van der Waals surface area contributed by atoms with E-state index in [1.54, 1.807) is 0 Å². The standard InChI is InChI=1S/C23H24N2O3.ClH/c26-23(27)15-25-21-4-2-1-3-19(21)20-6-5-18(13-22(20)25)28-12-9-17-14-24-10-7-16(17)8-11-24;/h1-6,9,13,16H,7-8,10-12,14-15H2,(H,26,27);1H/b17-9+;. The molecule has 0 saturated carbocycles. The number of aromatic nitrogens is 1. The highest BCUT2D eigenvalue weighted by Gasteiger charge is 2.29. The molecule has 2 aromatic carbocycles. The molecule has 3 aliphatic heterocycles. The molecular formula is C23H25ClN2O3. The Labute approximate surface area is 176 Å². The fourth-order valence-corrected chi connectivity index (χ4v) is 4.75. The smallest absolute Gasteiger partial charge is 0.323 e. The average molecular weight is 413 g/mol. The van der Waals surface area contributed by atoms with Crippen LogP contribution < -0.4 is 4.74 Å². The summed E-state index contributed by atoms with van der Waals surface area (Å²) in [7, 11) is 0. The van der Waals surface area contributed by atoms with Crippen molar-refractivity contribution in [3.8, 4) is 5.75 Å². The van der Waals surface area contributed by atoms with Crippen LogP contribution in [0.4, 0.5) is 0 Å². The molecule has 0 spiro atoms. The number of halogens is 1. The zero-order valence-electron chi connectivity index (χ0n) is 16.2. The van der Waals surface area contributed by atoms with Gasteiger partial charge in [-0.15, -0.1) is 12.4 Å². The highest BCUT2D eigenvalue weighted by Crippen LogP contribution is 2.33. The Morgan fingerprint density at radius 2 is 1.86 bits per heavy atom. The van der Waals surface area contributed by atoms with Crippen LogP contribution in [0.5, 0.6) is 5.75 Å². The molecule has 3 saturated heterocycles. The summed E-state index contributed by atoms with van der Waals surface area (Å²) in [5, 5.41) is 11.5. The first-order valence-corrected chi connectivity index (χ1v) is 9.96. The van der Waals surface area contributed by atoms with Crippen LogP contribution in [0.2, 0.25) is 0 Å². The number of hydrogen-bond donors (Lipinski definition) is 1. The molecular weight excluding hydrogens is 388 g/mol. The van der Waals surface area contributed by atoms with E-state index in [1.165, 1.54) is 31.5 Å². The molecule has 2 bridgehead atoms. The first-order valence-electron chi connectivity index (χ1n) is 9.96. The summed E-state index contributed by atoms with van der Waals surface area (Å²) in [5.74, 6) is 0.662. The lowest BCUT2D eigenvalue weighted by molar-refractivity contribution is -0.137. The first-order chi connectivity index (χ1) is 13.7. The molecule has 0 unspecified atom stereocenters. The molecule has 1 N–H and O–H groups in total. The second-order valence-electron chi connectivity index (χ2n) is 7.82. The van der Waals surface area contributed by atoms with Crippen LogP contribution in [0.15, 0.2) is 54.1 Å². The van der Waals surface area contributed by atoms with E-state index < -0.39 is 5.97 Å². The number of hydrogen-bond acceptors (Lipinski definition) is 3. The summed E-state index contributed by atoms with van der Waals surface area (Å²) in [4.78, 5) is 13.9. The van der Waals surface area contributed by atoms with Crippen LogP contribution in [0.1, 0.15) is 12.8 Å². The van der Waals surface area contributed by atoms with E-state index in [1.807, 2.05) is 47.0 Å². The Balaban J connectivity index is 0.00000205. The predicted molar refractivity (Wildman–Crippen MR) is 117 cm³/mol. The van der Waals surface area contributed by atoms with Gasteiger partial charge in [-0.25, -0.2) is 0 Å². The molecule has 0 atom stereocenters. The van der Waals surface area contributed by atoms with Gasteiger partial charge in [0.1, 0.15) is 18.9 Å². The maximum absolute atomic E-state index is 11.4. The van der Waals surface area contributed by atoms with Crippen molar-refractivity contribution < 1.29 is 14.6 Å². The molecule has 1 aromatic heterocycles. The lowest BCUT2D eigenvalue weighted by Crippen LogP contribution is -2.43. The number of carboxylic acid groups (broad SMARTS) is 1. The molecule has 29 heavy (non-hydrogen) atoms. The summed E-state index contributed by atoms with van der Waals surface area (Å²) < 4.78 is 7.88. The van der Waals surface area contributed by atoms with Crippen LogP contribution in [-0.4, -0.2) is 46.8 Å². The normalized spacial score (nSPS) is 22.1. The topological polar surface area (TPSA) is 54.7 Å². The minimum atomic E-state index is -0.846. The lowest BCUT2D eigenvalue weighted by Gasteiger charge is -2.41. The van der Waals surface area contributed by atoms with Gasteiger partial charge in [0.15, 0.2) is 0 Å². The average Bonchev–Trinajstić information content (AvgIpc) is 3.02. The van der Waals surface area contributed by atoms with Gasteiger partial charge in [0.2, 0.25) is 0 Å². The highest BCUT2D eigenvalue weighted by molar-refractivity contribution is 6.08. The largest absolute Gasteiger partial charge is 0.489 e. The first kappa shape index (κ1) is 19.8. The second kappa shape index (κ2) is 8.09. The van der Waals surface area contributed by atoms with Gasteiger partial charge in [-0.1, -0.05) is 23.8 Å². The molecule has 4 heterocycles. The van der Waals surface area contributed by atoms with Crippen LogP contribution in [-0.2, 0) is 11.3 Å². The third kappa shape index (κ3) is 3.72. The number of para-hydroxylation sites is 1. The third-order valence-corrected chi connectivity index (χ3v) is 6.15. The van der Waals surface area contributed by atoms with E-state index in [-0.39, 0.29) is 19.0 Å². The van der Waals surface area contributed by atoms with Crippen molar-refractivity contribution in [2.45, 2.75) is 19.4 Å². The fraction of sp³-hybridized carbons (Fsp3) is 0.348. The zero-order valence-corrected chi connectivity index (χ0v) is 17.0. The Hall–Kier alpha value is -2.50. The van der Waals surface area contributed by atoms with Crippen molar-refractivity contribution in [3.63, 3.8) is 0 Å². The second-order valence-corrected chi connectivity index (χ2v) is 7.82. The van der Waals surface area contributed by atoms with E-state index in [0.29, 0.717) is 6.61 Å². The molecule has 0 amide bonds. The van der Waals surface area contributed by atoms with Crippen molar-refractivity contribution in [2.24, 2.45) is 5.92 Å². The van der Waals surface area contributed by atoms with Crippen molar-refractivity contribution in [2.75, 3.05) is 26.2 Å². The maximum atomic E-state index is 11.4. The molecule has 152 valence electrons. The summed E-state index contributed by atoms with van der Waals surface area (Å²) in [6.07, 6.45) is 4.78. The lowest BCUT2D eigenvalue weighted by atomic mass is 9.84. The molecule has 5 nitrogen and oxygen atoms in total. The maximum Gasteiger partial charge on any atom is 0.323 e. The summed E-state index contributed by atoms with van der Waals surface area (Å²) in [6.45, 7) is 4.04. The Morgan fingerprint density at radius 1 is 1.10 bits per heavy atom. The minimum Gasteiger partial charge on any atom is -0.489 e. The van der Waals surface area contributed by atoms with Crippen molar-refractivity contribution in [1.82, 2.24) is 9.47 Å². The number of ether oxygens (including phenoxy) is 1. The zero-order chi connectivity index (χ0) is 19.1. The van der Waals surface area contributed by atoms with Gasteiger partial charge in [-0.05, 0) is 56.1 Å². The van der Waals surface area contributed by atoms with Crippen LogP contribution >= 0.6 is 12.4 Å².